The van der Waals surface area contributed by atoms with Gasteiger partial charge in [0.2, 0.25) is 0 Å². The zero-order valence-corrected chi connectivity index (χ0v) is 16.7. The molecule has 1 heterocycles. The van der Waals surface area contributed by atoms with Gasteiger partial charge in [0, 0.05) is 30.0 Å². The SMILES string of the molecule is Cc1ccc(Cl)cc1NC(=S)N(CCN(C)C)[C@H](C)c1ccccn1. The smallest absolute Gasteiger partial charge is 0.174 e. The Morgan fingerprint density at radius 1 is 1.24 bits per heavy atom. The summed E-state index contributed by atoms with van der Waals surface area (Å²) in [6.07, 6.45) is 1.81. The number of pyridine rings is 1. The topological polar surface area (TPSA) is 31.4 Å². The summed E-state index contributed by atoms with van der Waals surface area (Å²) in [7, 11) is 4.11. The van der Waals surface area contributed by atoms with Gasteiger partial charge in [0.15, 0.2) is 5.11 Å². The molecule has 0 aliphatic heterocycles. The van der Waals surface area contributed by atoms with E-state index in [1.54, 1.807) is 0 Å². The van der Waals surface area contributed by atoms with Gasteiger partial charge in [-0.1, -0.05) is 23.7 Å². The van der Waals surface area contributed by atoms with E-state index in [0.29, 0.717) is 10.1 Å². The van der Waals surface area contributed by atoms with Crippen LogP contribution in [0.15, 0.2) is 42.6 Å². The summed E-state index contributed by atoms with van der Waals surface area (Å²) >= 11 is 11.8. The highest BCUT2D eigenvalue weighted by Gasteiger charge is 2.20. The Kier molecular flexibility index (Phi) is 7.17. The van der Waals surface area contributed by atoms with E-state index < -0.39 is 0 Å². The molecule has 0 radical (unpaired) electrons. The van der Waals surface area contributed by atoms with Crippen LogP contribution in [0.2, 0.25) is 5.02 Å². The van der Waals surface area contributed by atoms with Crippen LogP contribution in [-0.2, 0) is 0 Å². The Balaban J connectivity index is 2.21. The van der Waals surface area contributed by atoms with Gasteiger partial charge in [-0.3, -0.25) is 4.98 Å². The highest BCUT2D eigenvalue weighted by molar-refractivity contribution is 7.80. The molecule has 25 heavy (non-hydrogen) atoms. The number of nitrogens with one attached hydrogen (secondary N) is 1. The highest BCUT2D eigenvalue weighted by Crippen LogP contribution is 2.23. The van der Waals surface area contributed by atoms with Gasteiger partial charge in [0.1, 0.15) is 0 Å². The largest absolute Gasteiger partial charge is 0.339 e. The monoisotopic (exact) mass is 376 g/mol. The molecule has 0 fully saturated rings. The van der Waals surface area contributed by atoms with Crippen molar-refractivity contribution in [2.45, 2.75) is 19.9 Å². The maximum Gasteiger partial charge on any atom is 0.174 e. The van der Waals surface area contributed by atoms with E-state index in [4.69, 9.17) is 23.8 Å². The molecule has 134 valence electrons. The lowest BCUT2D eigenvalue weighted by molar-refractivity contribution is 0.286. The second kappa shape index (κ2) is 9.13. The first-order valence-corrected chi connectivity index (χ1v) is 9.06. The molecule has 0 saturated heterocycles. The molecule has 0 spiro atoms. The van der Waals surface area contributed by atoms with E-state index in [0.717, 1.165) is 30.0 Å². The third-order valence-electron chi connectivity index (χ3n) is 4.07. The van der Waals surface area contributed by atoms with E-state index in [9.17, 15) is 0 Å². The van der Waals surface area contributed by atoms with Crippen LogP contribution in [0.4, 0.5) is 5.69 Å². The zero-order valence-electron chi connectivity index (χ0n) is 15.2. The van der Waals surface area contributed by atoms with Gasteiger partial charge >= 0.3 is 0 Å². The molecule has 2 rings (SSSR count). The minimum Gasteiger partial charge on any atom is -0.339 e. The van der Waals surface area contributed by atoms with Gasteiger partial charge in [-0.2, -0.15) is 0 Å². The molecule has 6 heteroatoms. The molecule has 1 aromatic heterocycles. The van der Waals surface area contributed by atoms with Crippen molar-refractivity contribution >= 4 is 34.6 Å². The lowest BCUT2D eigenvalue weighted by atomic mass is 10.2. The number of nitrogens with zero attached hydrogens (tertiary/aromatic N) is 3. The lowest BCUT2D eigenvalue weighted by Crippen LogP contribution is -2.41. The molecule has 2 aromatic rings. The van der Waals surface area contributed by atoms with Crippen molar-refractivity contribution in [1.82, 2.24) is 14.8 Å². The number of halogens is 1. The Hall–Kier alpha value is -1.69. The first-order valence-electron chi connectivity index (χ1n) is 8.28. The average Bonchev–Trinajstić information content (AvgIpc) is 2.58. The van der Waals surface area contributed by atoms with Crippen molar-refractivity contribution in [1.29, 1.82) is 0 Å². The number of aromatic nitrogens is 1. The van der Waals surface area contributed by atoms with Crippen molar-refractivity contribution in [3.8, 4) is 0 Å². The molecule has 0 amide bonds. The van der Waals surface area contributed by atoms with E-state index in [2.05, 4.69) is 41.1 Å². The summed E-state index contributed by atoms with van der Waals surface area (Å²) in [5, 5.41) is 4.71. The van der Waals surface area contributed by atoms with E-state index in [1.807, 2.05) is 49.5 Å². The minimum atomic E-state index is 0.0700. The average molecular weight is 377 g/mol. The summed E-state index contributed by atoms with van der Waals surface area (Å²) in [4.78, 5) is 8.79. The van der Waals surface area contributed by atoms with Crippen LogP contribution in [-0.4, -0.2) is 47.1 Å². The van der Waals surface area contributed by atoms with Gasteiger partial charge < -0.3 is 15.1 Å². The molecule has 0 unspecified atom stereocenters. The van der Waals surface area contributed by atoms with Crippen LogP contribution in [0.25, 0.3) is 0 Å². The van der Waals surface area contributed by atoms with Crippen LogP contribution >= 0.6 is 23.8 Å². The Morgan fingerprint density at radius 2 is 2.00 bits per heavy atom. The van der Waals surface area contributed by atoms with Gasteiger partial charge in [-0.25, -0.2) is 0 Å². The van der Waals surface area contributed by atoms with Crippen molar-refractivity contribution < 1.29 is 0 Å². The summed E-state index contributed by atoms with van der Waals surface area (Å²) < 4.78 is 0. The highest BCUT2D eigenvalue weighted by atomic mass is 35.5. The molecular weight excluding hydrogens is 352 g/mol. The van der Waals surface area contributed by atoms with Gasteiger partial charge in [-0.15, -0.1) is 0 Å². The number of rotatable bonds is 6. The number of hydrogen-bond acceptors (Lipinski definition) is 3. The minimum absolute atomic E-state index is 0.0700. The fraction of sp³-hybridized carbons (Fsp3) is 0.368. The van der Waals surface area contributed by atoms with Crippen LogP contribution < -0.4 is 5.32 Å². The van der Waals surface area contributed by atoms with Crippen molar-refractivity contribution in [2.75, 3.05) is 32.5 Å². The van der Waals surface area contributed by atoms with Gasteiger partial charge in [0.25, 0.3) is 0 Å². The second-order valence-corrected chi connectivity index (χ2v) is 7.14. The van der Waals surface area contributed by atoms with E-state index >= 15 is 0 Å². The predicted octanol–water partition coefficient (Wildman–Crippen LogP) is 4.37. The van der Waals surface area contributed by atoms with Gasteiger partial charge in [0.05, 0.1) is 11.7 Å². The predicted molar refractivity (Wildman–Crippen MR) is 110 cm³/mol. The molecule has 0 aliphatic carbocycles. The molecule has 0 saturated carbocycles. The number of likely N-dealkylation sites (N-methyl/N-ethyl adjacent to an activating group) is 1. The summed E-state index contributed by atoms with van der Waals surface area (Å²) in [6.45, 7) is 5.86. The maximum atomic E-state index is 6.13. The van der Waals surface area contributed by atoms with Crippen LogP contribution in [0.5, 0.6) is 0 Å². The van der Waals surface area contributed by atoms with Crippen LogP contribution in [0, 0.1) is 6.92 Å². The van der Waals surface area contributed by atoms with Crippen molar-refractivity contribution in [3.63, 3.8) is 0 Å². The molecule has 4 nitrogen and oxygen atoms in total. The van der Waals surface area contributed by atoms with E-state index in [-0.39, 0.29) is 6.04 Å². The second-order valence-electron chi connectivity index (χ2n) is 6.32. The number of benzene rings is 1. The lowest BCUT2D eigenvalue weighted by Gasteiger charge is -2.32. The Bertz CT molecular complexity index is 706. The molecule has 0 aliphatic rings. The first kappa shape index (κ1) is 19.6. The van der Waals surface area contributed by atoms with Crippen molar-refractivity contribution in [2.24, 2.45) is 0 Å². The zero-order chi connectivity index (χ0) is 18.4. The standard InChI is InChI=1S/C19H25ClN4S/c1-14-8-9-16(20)13-18(14)22-19(25)24(12-11-23(3)4)15(2)17-7-5-6-10-21-17/h5-10,13,15H,11-12H2,1-4H3,(H,22,25)/t15-/m1/s1. The fourth-order valence-electron chi connectivity index (χ4n) is 2.48. The number of thiocarbonyl (C=S) groups is 1. The molecule has 1 N–H and O–H groups in total. The fourth-order valence-corrected chi connectivity index (χ4v) is 3.01. The summed E-state index contributed by atoms with van der Waals surface area (Å²) in [5.74, 6) is 0. The quantitative estimate of drug-likeness (QED) is 0.757. The first-order chi connectivity index (χ1) is 11.9. The third kappa shape index (κ3) is 5.66. The maximum absolute atomic E-state index is 6.13. The van der Waals surface area contributed by atoms with Crippen LogP contribution in [0.1, 0.15) is 24.2 Å². The summed E-state index contributed by atoms with van der Waals surface area (Å²) in [6, 6.07) is 11.8. The molecular formula is C19H25ClN4S. The van der Waals surface area contributed by atoms with Gasteiger partial charge in [-0.05, 0) is 70.0 Å². The number of aryl methyl sites for hydroxylation is 1. The Morgan fingerprint density at radius 3 is 2.64 bits per heavy atom. The van der Waals surface area contributed by atoms with E-state index in [1.165, 1.54) is 0 Å². The molecule has 0 bridgehead atoms. The van der Waals surface area contributed by atoms with Crippen molar-refractivity contribution in [3.05, 3.63) is 58.9 Å². The number of hydrogen-bond donors (Lipinski definition) is 1. The molecule has 1 atom stereocenters. The summed E-state index contributed by atoms with van der Waals surface area (Å²) in [5.41, 5.74) is 3.03. The normalized spacial score (nSPS) is 12.1. The number of anilines is 1. The molecule has 1 aromatic carbocycles. The Labute approximate surface area is 160 Å². The third-order valence-corrected chi connectivity index (χ3v) is 4.65. The van der Waals surface area contributed by atoms with Crippen LogP contribution in [0.3, 0.4) is 0 Å².